The molecule has 0 aromatic heterocycles. The van der Waals surface area contributed by atoms with E-state index in [9.17, 15) is 0 Å². The van der Waals surface area contributed by atoms with Gasteiger partial charge in [-0.05, 0) is 25.0 Å². The Kier molecular flexibility index (Phi) is 5.72. The maximum absolute atomic E-state index is 5.85. The predicted octanol–water partition coefficient (Wildman–Crippen LogP) is 2.62. The van der Waals surface area contributed by atoms with E-state index in [2.05, 4.69) is 19.2 Å². The fourth-order valence-electron chi connectivity index (χ4n) is 1.31. The number of nitrogens with two attached hydrogens (primary N) is 1. The van der Waals surface area contributed by atoms with Gasteiger partial charge >= 0.3 is 0 Å². The van der Waals surface area contributed by atoms with Crippen molar-refractivity contribution >= 4 is 5.69 Å². The van der Waals surface area contributed by atoms with Gasteiger partial charge in [0.1, 0.15) is 5.75 Å². The summed E-state index contributed by atoms with van der Waals surface area (Å²) in [5.74, 6) is 0.914. The zero-order valence-corrected chi connectivity index (χ0v) is 10.2. The molecule has 1 aromatic carbocycles. The third-order valence-corrected chi connectivity index (χ3v) is 2.40. The van der Waals surface area contributed by atoms with E-state index in [0.29, 0.717) is 0 Å². The monoisotopic (exact) mass is 222 g/mol. The van der Waals surface area contributed by atoms with Gasteiger partial charge in [0, 0.05) is 24.3 Å². The molecule has 0 fully saturated rings. The van der Waals surface area contributed by atoms with Crippen molar-refractivity contribution in [3.8, 4) is 5.75 Å². The summed E-state index contributed by atoms with van der Waals surface area (Å²) in [6, 6.07) is 8.21. The van der Waals surface area contributed by atoms with Gasteiger partial charge in [-0.2, -0.15) is 0 Å². The van der Waals surface area contributed by atoms with E-state index in [1.54, 1.807) is 0 Å². The van der Waals surface area contributed by atoms with Gasteiger partial charge < -0.3 is 15.8 Å². The van der Waals surface area contributed by atoms with E-state index in [1.165, 1.54) is 0 Å². The highest BCUT2D eigenvalue weighted by molar-refractivity contribution is 5.48. The lowest BCUT2D eigenvalue weighted by atomic mass is 10.2. The average Bonchev–Trinajstić information content (AvgIpc) is 2.34. The van der Waals surface area contributed by atoms with Crippen molar-refractivity contribution in [3.05, 3.63) is 24.3 Å². The third-order valence-electron chi connectivity index (χ3n) is 2.40. The molecule has 1 aromatic rings. The Bertz CT molecular complexity index is 302. The summed E-state index contributed by atoms with van der Waals surface area (Å²) in [5.41, 5.74) is 6.91. The zero-order chi connectivity index (χ0) is 11.8. The van der Waals surface area contributed by atoms with Gasteiger partial charge in [0.15, 0.2) is 0 Å². The Morgan fingerprint density at radius 1 is 1.38 bits per heavy atom. The molecule has 16 heavy (non-hydrogen) atoms. The third kappa shape index (κ3) is 4.53. The second kappa shape index (κ2) is 7.12. The first kappa shape index (κ1) is 12.8. The van der Waals surface area contributed by atoms with E-state index < -0.39 is 0 Å². The van der Waals surface area contributed by atoms with Gasteiger partial charge in [-0.1, -0.05) is 19.9 Å². The smallest absolute Gasteiger partial charge is 0.121 e. The number of benzene rings is 1. The number of nitrogens with one attached hydrogen (secondary N) is 1. The molecular weight excluding hydrogens is 200 g/mol. The summed E-state index contributed by atoms with van der Waals surface area (Å²) >= 11 is 0. The first-order valence-corrected chi connectivity index (χ1v) is 5.98. The maximum Gasteiger partial charge on any atom is 0.121 e. The van der Waals surface area contributed by atoms with Crippen molar-refractivity contribution < 1.29 is 4.74 Å². The van der Waals surface area contributed by atoms with Crippen LogP contribution in [0.3, 0.4) is 0 Å². The molecule has 0 heterocycles. The van der Waals surface area contributed by atoms with E-state index in [4.69, 9.17) is 10.5 Å². The fourth-order valence-corrected chi connectivity index (χ4v) is 1.31. The van der Waals surface area contributed by atoms with Crippen LogP contribution in [-0.4, -0.2) is 19.2 Å². The van der Waals surface area contributed by atoms with Crippen LogP contribution in [0, 0.1) is 0 Å². The number of hydrogen-bond acceptors (Lipinski definition) is 3. The normalized spacial score (nSPS) is 12.2. The molecule has 3 heteroatoms. The highest BCUT2D eigenvalue weighted by Crippen LogP contribution is 2.17. The molecule has 0 amide bonds. The van der Waals surface area contributed by atoms with Crippen LogP contribution >= 0.6 is 0 Å². The van der Waals surface area contributed by atoms with Crippen LogP contribution in [0.5, 0.6) is 5.75 Å². The van der Waals surface area contributed by atoms with Crippen LogP contribution in [-0.2, 0) is 0 Å². The van der Waals surface area contributed by atoms with Gasteiger partial charge in [-0.3, -0.25) is 0 Å². The van der Waals surface area contributed by atoms with Crippen molar-refractivity contribution in [2.75, 3.05) is 18.5 Å². The zero-order valence-electron chi connectivity index (χ0n) is 10.2. The minimum atomic E-state index is 0.209. The molecular formula is C13H22N2O. The molecule has 0 aliphatic rings. The molecule has 3 nitrogen and oxygen atoms in total. The molecule has 0 saturated heterocycles. The summed E-state index contributed by atoms with van der Waals surface area (Å²) in [5, 5.41) is 3.31. The Hall–Kier alpha value is -1.22. The van der Waals surface area contributed by atoms with Crippen molar-refractivity contribution in [1.82, 2.24) is 0 Å². The van der Waals surface area contributed by atoms with Gasteiger partial charge in [0.2, 0.25) is 0 Å². The van der Waals surface area contributed by atoms with Gasteiger partial charge in [-0.15, -0.1) is 0 Å². The van der Waals surface area contributed by atoms with E-state index in [0.717, 1.165) is 37.4 Å². The van der Waals surface area contributed by atoms with Crippen molar-refractivity contribution in [3.63, 3.8) is 0 Å². The summed E-state index contributed by atoms with van der Waals surface area (Å²) < 4.78 is 5.56. The maximum atomic E-state index is 5.85. The SMILES string of the molecule is CCCOc1cccc(NCC(N)CC)c1. The second-order valence-electron chi connectivity index (χ2n) is 3.93. The minimum Gasteiger partial charge on any atom is -0.494 e. The van der Waals surface area contributed by atoms with Gasteiger partial charge in [-0.25, -0.2) is 0 Å². The van der Waals surface area contributed by atoms with Crippen LogP contribution in [0.1, 0.15) is 26.7 Å². The molecule has 1 atom stereocenters. The molecule has 0 saturated carbocycles. The number of anilines is 1. The van der Waals surface area contributed by atoms with Crippen LogP contribution in [0.15, 0.2) is 24.3 Å². The van der Waals surface area contributed by atoms with Gasteiger partial charge in [0.05, 0.1) is 6.61 Å². The molecule has 1 rings (SSSR count). The molecule has 0 radical (unpaired) electrons. The lowest BCUT2D eigenvalue weighted by molar-refractivity contribution is 0.317. The second-order valence-corrected chi connectivity index (χ2v) is 3.93. The quantitative estimate of drug-likeness (QED) is 0.745. The first-order valence-electron chi connectivity index (χ1n) is 5.98. The molecule has 0 aliphatic heterocycles. The Labute approximate surface area is 98.0 Å². The largest absolute Gasteiger partial charge is 0.494 e. The van der Waals surface area contributed by atoms with Crippen molar-refractivity contribution in [1.29, 1.82) is 0 Å². The number of hydrogen-bond donors (Lipinski definition) is 2. The molecule has 90 valence electrons. The highest BCUT2D eigenvalue weighted by Gasteiger charge is 2.00. The van der Waals surface area contributed by atoms with Crippen LogP contribution in [0.4, 0.5) is 5.69 Å². The predicted molar refractivity (Wildman–Crippen MR) is 69.0 cm³/mol. The van der Waals surface area contributed by atoms with E-state index in [1.807, 2.05) is 24.3 Å². The Balaban J connectivity index is 2.46. The van der Waals surface area contributed by atoms with Crippen LogP contribution < -0.4 is 15.8 Å². The Morgan fingerprint density at radius 2 is 2.19 bits per heavy atom. The molecule has 0 bridgehead atoms. The molecule has 1 unspecified atom stereocenters. The number of ether oxygens (including phenoxy) is 1. The van der Waals surface area contributed by atoms with Crippen molar-refractivity contribution in [2.45, 2.75) is 32.7 Å². The molecule has 0 spiro atoms. The summed E-state index contributed by atoms with van der Waals surface area (Å²) in [7, 11) is 0. The van der Waals surface area contributed by atoms with Gasteiger partial charge in [0.25, 0.3) is 0 Å². The van der Waals surface area contributed by atoms with E-state index in [-0.39, 0.29) is 6.04 Å². The highest BCUT2D eigenvalue weighted by atomic mass is 16.5. The summed E-state index contributed by atoms with van der Waals surface area (Å²) in [4.78, 5) is 0. The molecule has 3 N–H and O–H groups in total. The topological polar surface area (TPSA) is 47.3 Å². The fraction of sp³-hybridized carbons (Fsp3) is 0.538. The summed E-state index contributed by atoms with van der Waals surface area (Å²) in [6.45, 7) is 5.75. The van der Waals surface area contributed by atoms with Crippen LogP contribution in [0.2, 0.25) is 0 Å². The Morgan fingerprint density at radius 3 is 2.88 bits per heavy atom. The summed E-state index contributed by atoms with van der Waals surface area (Å²) in [6.07, 6.45) is 2.01. The lowest BCUT2D eigenvalue weighted by Crippen LogP contribution is -2.27. The number of rotatable bonds is 7. The standard InChI is InChI=1S/C13H22N2O/c1-3-8-16-13-7-5-6-12(9-13)15-10-11(14)4-2/h5-7,9,11,15H,3-4,8,10,14H2,1-2H3. The van der Waals surface area contributed by atoms with Crippen LogP contribution in [0.25, 0.3) is 0 Å². The molecule has 0 aliphatic carbocycles. The first-order chi connectivity index (χ1) is 7.76. The van der Waals surface area contributed by atoms with E-state index >= 15 is 0 Å². The minimum absolute atomic E-state index is 0.209. The lowest BCUT2D eigenvalue weighted by Gasteiger charge is -2.12. The average molecular weight is 222 g/mol. The van der Waals surface area contributed by atoms with Crippen molar-refractivity contribution in [2.24, 2.45) is 5.73 Å².